The molecule has 28 heavy (non-hydrogen) atoms. The van der Waals surface area contributed by atoms with E-state index >= 15 is 0 Å². The van der Waals surface area contributed by atoms with Crippen molar-refractivity contribution in [3.8, 4) is 11.3 Å². The molecular formula is C25H23N3. The van der Waals surface area contributed by atoms with Crippen molar-refractivity contribution in [2.24, 2.45) is 0 Å². The summed E-state index contributed by atoms with van der Waals surface area (Å²) in [5, 5.41) is 1.20. The van der Waals surface area contributed by atoms with Gasteiger partial charge in [-0.05, 0) is 24.3 Å². The molecule has 0 saturated carbocycles. The lowest BCUT2D eigenvalue weighted by atomic mass is 10.1. The Morgan fingerprint density at radius 2 is 1.21 bits per heavy atom. The maximum Gasteiger partial charge on any atom is 0.0943 e. The second kappa shape index (κ2) is 7.35. The molecule has 0 radical (unpaired) electrons. The lowest BCUT2D eigenvalue weighted by Gasteiger charge is -2.38. The summed E-state index contributed by atoms with van der Waals surface area (Å²) in [6, 6.07) is 31.9. The monoisotopic (exact) mass is 365 g/mol. The van der Waals surface area contributed by atoms with Gasteiger partial charge in [0.1, 0.15) is 0 Å². The average molecular weight is 365 g/mol. The minimum atomic E-state index is 0.995. The third-order valence-electron chi connectivity index (χ3n) is 5.49. The van der Waals surface area contributed by atoms with Gasteiger partial charge in [-0.3, -0.25) is 0 Å². The molecule has 0 N–H and O–H groups in total. The topological polar surface area (TPSA) is 19.4 Å². The summed E-state index contributed by atoms with van der Waals surface area (Å²) < 4.78 is 0. The Hall–Kier alpha value is -3.33. The summed E-state index contributed by atoms with van der Waals surface area (Å²) >= 11 is 0. The van der Waals surface area contributed by atoms with Gasteiger partial charge in [-0.15, -0.1) is 0 Å². The molecule has 138 valence electrons. The molecule has 1 saturated heterocycles. The first-order valence-electron chi connectivity index (χ1n) is 9.89. The second-order valence-electron chi connectivity index (χ2n) is 7.22. The number of benzene rings is 3. The van der Waals surface area contributed by atoms with Crippen LogP contribution in [0.1, 0.15) is 0 Å². The molecule has 1 aromatic heterocycles. The molecule has 1 aliphatic heterocycles. The molecule has 2 heterocycles. The SMILES string of the molecule is c1ccc(-c2nc3ccccc3cc2N2CCN(c3ccccc3)CC2)cc1. The summed E-state index contributed by atoms with van der Waals surface area (Å²) in [5.74, 6) is 0. The lowest BCUT2D eigenvalue weighted by molar-refractivity contribution is 0.653. The van der Waals surface area contributed by atoms with Gasteiger partial charge < -0.3 is 9.80 Å². The van der Waals surface area contributed by atoms with Crippen LogP contribution in [0.5, 0.6) is 0 Å². The number of anilines is 2. The normalized spacial score (nSPS) is 14.4. The number of para-hydroxylation sites is 2. The van der Waals surface area contributed by atoms with Crippen LogP contribution in [-0.2, 0) is 0 Å². The van der Waals surface area contributed by atoms with Crippen LogP contribution < -0.4 is 9.80 Å². The van der Waals surface area contributed by atoms with E-state index in [9.17, 15) is 0 Å². The van der Waals surface area contributed by atoms with Crippen molar-refractivity contribution in [2.75, 3.05) is 36.0 Å². The van der Waals surface area contributed by atoms with Crippen molar-refractivity contribution in [1.29, 1.82) is 0 Å². The zero-order valence-corrected chi connectivity index (χ0v) is 15.8. The van der Waals surface area contributed by atoms with E-state index in [-0.39, 0.29) is 0 Å². The molecule has 5 rings (SSSR count). The standard InChI is InChI=1S/C25H23N3/c1-3-9-20(10-4-1)25-24(19-21-11-7-8-14-23(21)26-25)28-17-15-27(16-18-28)22-12-5-2-6-13-22/h1-14,19H,15-18H2. The number of nitrogens with zero attached hydrogens (tertiary/aromatic N) is 3. The highest BCUT2D eigenvalue weighted by molar-refractivity contribution is 5.89. The fourth-order valence-corrected chi connectivity index (χ4v) is 4.00. The Kier molecular flexibility index (Phi) is 4.42. The van der Waals surface area contributed by atoms with Crippen LogP contribution >= 0.6 is 0 Å². The van der Waals surface area contributed by atoms with Crippen molar-refractivity contribution in [3.63, 3.8) is 0 Å². The van der Waals surface area contributed by atoms with Gasteiger partial charge in [-0.1, -0.05) is 66.7 Å². The van der Waals surface area contributed by atoms with Crippen molar-refractivity contribution in [2.45, 2.75) is 0 Å². The number of pyridine rings is 1. The van der Waals surface area contributed by atoms with E-state index in [4.69, 9.17) is 4.98 Å². The molecule has 0 aliphatic carbocycles. The lowest BCUT2D eigenvalue weighted by Crippen LogP contribution is -2.46. The smallest absolute Gasteiger partial charge is 0.0943 e. The van der Waals surface area contributed by atoms with Crippen LogP contribution in [0.4, 0.5) is 11.4 Å². The van der Waals surface area contributed by atoms with Gasteiger partial charge in [0.15, 0.2) is 0 Å². The molecule has 0 atom stereocenters. The van der Waals surface area contributed by atoms with Crippen molar-refractivity contribution in [1.82, 2.24) is 4.98 Å². The molecule has 0 bridgehead atoms. The van der Waals surface area contributed by atoms with Crippen LogP contribution in [0.3, 0.4) is 0 Å². The van der Waals surface area contributed by atoms with Crippen molar-refractivity contribution in [3.05, 3.63) is 91.0 Å². The van der Waals surface area contributed by atoms with E-state index in [2.05, 4.69) is 101 Å². The van der Waals surface area contributed by atoms with Gasteiger partial charge in [0.05, 0.1) is 16.9 Å². The average Bonchev–Trinajstić information content (AvgIpc) is 2.79. The molecule has 0 spiro atoms. The zero-order chi connectivity index (χ0) is 18.8. The van der Waals surface area contributed by atoms with Crippen molar-refractivity contribution < 1.29 is 0 Å². The number of aromatic nitrogens is 1. The molecule has 1 fully saturated rings. The van der Waals surface area contributed by atoms with Crippen LogP contribution in [-0.4, -0.2) is 31.2 Å². The van der Waals surface area contributed by atoms with Crippen LogP contribution in [0.25, 0.3) is 22.2 Å². The number of rotatable bonds is 3. The molecule has 3 aromatic carbocycles. The van der Waals surface area contributed by atoms with E-state index < -0.39 is 0 Å². The van der Waals surface area contributed by atoms with Gasteiger partial charge in [0, 0.05) is 42.8 Å². The summed E-state index contributed by atoms with van der Waals surface area (Å²) in [6.07, 6.45) is 0. The first kappa shape index (κ1) is 16.8. The van der Waals surface area contributed by atoms with Gasteiger partial charge in [-0.25, -0.2) is 4.98 Å². The Morgan fingerprint density at radius 1 is 0.607 bits per heavy atom. The molecule has 0 amide bonds. The minimum absolute atomic E-state index is 0.995. The number of hydrogen-bond donors (Lipinski definition) is 0. The fourth-order valence-electron chi connectivity index (χ4n) is 4.00. The molecule has 3 heteroatoms. The van der Waals surface area contributed by atoms with E-state index in [1.165, 1.54) is 22.3 Å². The summed E-state index contributed by atoms with van der Waals surface area (Å²) in [6.45, 7) is 4.03. The molecule has 3 nitrogen and oxygen atoms in total. The number of fused-ring (bicyclic) bond motifs is 1. The summed E-state index contributed by atoms with van der Waals surface area (Å²) in [4.78, 5) is 10.00. The van der Waals surface area contributed by atoms with E-state index in [1.54, 1.807) is 0 Å². The highest BCUT2D eigenvalue weighted by atomic mass is 15.3. The zero-order valence-electron chi connectivity index (χ0n) is 15.8. The first-order chi connectivity index (χ1) is 13.9. The maximum atomic E-state index is 5.04. The highest BCUT2D eigenvalue weighted by Gasteiger charge is 2.21. The Morgan fingerprint density at radius 3 is 1.96 bits per heavy atom. The van der Waals surface area contributed by atoms with E-state index in [0.717, 1.165) is 37.4 Å². The van der Waals surface area contributed by atoms with Gasteiger partial charge in [0.25, 0.3) is 0 Å². The quantitative estimate of drug-likeness (QED) is 0.496. The first-order valence-corrected chi connectivity index (χ1v) is 9.89. The third kappa shape index (κ3) is 3.20. The van der Waals surface area contributed by atoms with E-state index in [1.807, 2.05) is 0 Å². The largest absolute Gasteiger partial charge is 0.368 e. The van der Waals surface area contributed by atoms with Crippen molar-refractivity contribution >= 4 is 22.3 Å². The number of piperazine rings is 1. The molecular weight excluding hydrogens is 342 g/mol. The third-order valence-corrected chi connectivity index (χ3v) is 5.49. The number of hydrogen-bond acceptors (Lipinski definition) is 3. The second-order valence-corrected chi connectivity index (χ2v) is 7.22. The van der Waals surface area contributed by atoms with Gasteiger partial charge in [-0.2, -0.15) is 0 Å². The van der Waals surface area contributed by atoms with Crippen LogP contribution in [0.15, 0.2) is 91.0 Å². The molecule has 1 aliphatic rings. The maximum absolute atomic E-state index is 5.04. The van der Waals surface area contributed by atoms with Crippen LogP contribution in [0.2, 0.25) is 0 Å². The Balaban J connectivity index is 1.50. The van der Waals surface area contributed by atoms with Gasteiger partial charge >= 0.3 is 0 Å². The Labute approximate surface area is 165 Å². The molecule has 0 unspecified atom stereocenters. The predicted octanol–water partition coefficient (Wildman–Crippen LogP) is 5.23. The van der Waals surface area contributed by atoms with E-state index in [0.29, 0.717) is 0 Å². The Bertz CT molecular complexity index is 1070. The fraction of sp³-hybridized carbons (Fsp3) is 0.160. The predicted molar refractivity (Wildman–Crippen MR) is 118 cm³/mol. The van der Waals surface area contributed by atoms with Crippen LogP contribution in [0, 0.1) is 0 Å². The summed E-state index contributed by atoms with van der Waals surface area (Å²) in [7, 11) is 0. The molecule has 4 aromatic rings. The highest BCUT2D eigenvalue weighted by Crippen LogP contribution is 2.33. The summed E-state index contributed by atoms with van der Waals surface area (Å²) in [5.41, 5.74) is 5.84. The minimum Gasteiger partial charge on any atom is -0.368 e. The van der Waals surface area contributed by atoms with Gasteiger partial charge in [0.2, 0.25) is 0 Å².